The molecule has 1 aromatic heterocycles. The van der Waals surface area contributed by atoms with Gasteiger partial charge < -0.3 is 9.64 Å². The maximum absolute atomic E-state index is 13.3. The van der Waals surface area contributed by atoms with Crippen molar-refractivity contribution in [1.29, 1.82) is 0 Å². The van der Waals surface area contributed by atoms with E-state index in [2.05, 4.69) is 32.2 Å². The summed E-state index contributed by atoms with van der Waals surface area (Å²) in [5, 5.41) is 7.32. The highest BCUT2D eigenvalue weighted by Gasteiger charge is 2.32. The zero-order valence-electron chi connectivity index (χ0n) is 15.7. The van der Waals surface area contributed by atoms with Crippen LogP contribution >= 0.6 is 15.9 Å². The lowest BCUT2D eigenvalue weighted by atomic mass is 10.0. The number of carbonyl (C=O) groups excluding carboxylic acids is 1. The second-order valence-electron chi connectivity index (χ2n) is 6.94. The Morgan fingerprint density at radius 1 is 1.21 bits per heavy atom. The SMILES string of the molecule is COc1ccccc1CC1CCCN1C(=O)c1[nH]nc(-c2ccccc2)c1Br. The summed E-state index contributed by atoms with van der Waals surface area (Å²) in [6, 6.07) is 18.0. The highest BCUT2D eigenvalue weighted by molar-refractivity contribution is 9.10. The molecule has 28 heavy (non-hydrogen) atoms. The third kappa shape index (κ3) is 3.56. The van der Waals surface area contributed by atoms with Crippen molar-refractivity contribution in [3.05, 3.63) is 70.3 Å². The number of carbonyl (C=O) groups is 1. The van der Waals surface area contributed by atoms with Gasteiger partial charge in [-0.1, -0.05) is 48.5 Å². The fraction of sp³-hybridized carbons (Fsp3) is 0.273. The number of hydrogen-bond acceptors (Lipinski definition) is 3. The molecule has 0 saturated carbocycles. The number of aromatic amines is 1. The van der Waals surface area contributed by atoms with E-state index in [1.54, 1.807) is 7.11 Å². The van der Waals surface area contributed by atoms with Gasteiger partial charge in [-0.25, -0.2) is 0 Å². The van der Waals surface area contributed by atoms with Crippen LogP contribution in [-0.4, -0.2) is 40.7 Å². The van der Waals surface area contributed by atoms with Gasteiger partial charge in [-0.15, -0.1) is 0 Å². The van der Waals surface area contributed by atoms with Crippen LogP contribution < -0.4 is 4.74 Å². The summed E-state index contributed by atoms with van der Waals surface area (Å²) < 4.78 is 6.19. The summed E-state index contributed by atoms with van der Waals surface area (Å²) in [7, 11) is 1.68. The van der Waals surface area contributed by atoms with Gasteiger partial charge in [-0.05, 0) is 46.8 Å². The van der Waals surface area contributed by atoms with Crippen LogP contribution in [-0.2, 0) is 6.42 Å². The van der Waals surface area contributed by atoms with Crippen molar-refractivity contribution in [2.24, 2.45) is 0 Å². The number of hydrogen-bond donors (Lipinski definition) is 1. The molecule has 0 spiro atoms. The monoisotopic (exact) mass is 439 g/mol. The Morgan fingerprint density at radius 3 is 2.75 bits per heavy atom. The highest BCUT2D eigenvalue weighted by Crippen LogP contribution is 2.32. The van der Waals surface area contributed by atoms with Gasteiger partial charge in [0.25, 0.3) is 5.91 Å². The minimum Gasteiger partial charge on any atom is -0.496 e. The number of nitrogens with one attached hydrogen (secondary N) is 1. The summed E-state index contributed by atoms with van der Waals surface area (Å²) in [4.78, 5) is 15.2. The zero-order valence-corrected chi connectivity index (χ0v) is 17.3. The van der Waals surface area contributed by atoms with Gasteiger partial charge in [0.2, 0.25) is 0 Å². The topological polar surface area (TPSA) is 58.2 Å². The molecule has 1 aliphatic heterocycles. The lowest BCUT2D eigenvalue weighted by molar-refractivity contribution is 0.0729. The second-order valence-corrected chi connectivity index (χ2v) is 7.73. The van der Waals surface area contributed by atoms with Crippen LogP contribution in [0.2, 0.25) is 0 Å². The second kappa shape index (κ2) is 8.19. The minimum atomic E-state index is -0.0149. The van der Waals surface area contributed by atoms with E-state index in [4.69, 9.17) is 4.74 Å². The van der Waals surface area contributed by atoms with E-state index in [-0.39, 0.29) is 11.9 Å². The molecule has 1 unspecified atom stereocenters. The molecule has 3 aromatic rings. The minimum absolute atomic E-state index is 0.0149. The predicted octanol–water partition coefficient (Wildman–Crippen LogP) is 4.70. The molecule has 4 rings (SSSR count). The van der Waals surface area contributed by atoms with Gasteiger partial charge in [0.05, 0.1) is 11.6 Å². The fourth-order valence-electron chi connectivity index (χ4n) is 3.84. The van der Waals surface area contributed by atoms with Crippen molar-refractivity contribution in [3.63, 3.8) is 0 Å². The first-order valence-electron chi connectivity index (χ1n) is 9.41. The van der Waals surface area contributed by atoms with Gasteiger partial charge >= 0.3 is 0 Å². The fourth-order valence-corrected chi connectivity index (χ4v) is 4.42. The Labute approximate surface area is 172 Å². The quantitative estimate of drug-likeness (QED) is 0.626. The summed E-state index contributed by atoms with van der Waals surface area (Å²) in [6.07, 6.45) is 2.77. The van der Waals surface area contributed by atoms with Crippen LogP contribution in [0.25, 0.3) is 11.3 Å². The molecule has 6 heteroatoms. The van der Waals surface area contributed by atoms with Crippen LogP contribution in [0, 0.1) is 0 Å². The number of para-hydroxylation sites is 1. The molecule has 1 saturated heterocycles. The lowest BCUT2D eigenvalue weighted by Crippen LogP contribution is -2.37. The summed E-state index contributed by atoms with van der Waals surface area (Å²) in [5.41, 5.74) is 3.36. The number of nitrogens with zero attached hydrogens (tertiary/aromatic N) is 2. The standard InChI is InChI=1S/C22H22BrN3O2/c1-28-18-12-6-5-10-16(18)14-17-11-7-13-26(17)22(27)21-19(23)20(24-25-21)15-8-3-2-4-9-15/h2-6,8-10,12,17H,7,11,13-14H2,1H3,(H,24,25). The number of benzene rings is 2. The molecular weight excluding hydrogens is 418 g/mol. The Balaban J connectivity index is 1.57. The van der Waals surface area contributed by atoms with Crippen molar-refractivity contribution >= 4 is 21.8 Å². The number of ether oxygens (including phenoxy) is 1. The average molecular weight is 440 g/mol. The van der Waals surface area contributed by atoms with Crippen LogP contribution in [0.4, 0.5) is 0 Å². The molecule has 0 aliphatic carbocycles. The van der Waals surface area contributed by atoms with Gasteiger partial charge in [0, 0.05) is 18.2 Å². The Kier molecular flexibility index (Phi) is 5.48. The maximum atomic E-state index is 13.3. The summed E-state index contributed by atoms with van der Waals surface area (Å²) in [6.45, 7) is 0.755. The number of H-pyrrole nitrogens is 1. The first kappa shape index (κ1) is 18.7. The third-order valence-corrected chi connectivity index (χ3v) is 6.03. The first-order chi connectivity index (χ1) is 13.7. The number of likely N-dealkylation sites (tertiary alicyclic amines) is 1. The van der Waals surface area contributed by atoms with Crippen LogP contribution in [0.15, 0.2) is 59.1 Å². The molecule has 1 aliphatic rings. The number of methoxy groups -OCH3 is 1. The van der Waals surface area contributed by atoms with Crippen LogP contribution in [0.1, 0.15) is 28.9 Å². The lowest BCUT2D eigenvalue weighted by Gasteiger charge is -2.25. The van der Waals surface area contributed by atoms with E-state index < -0.39 is 0 Å². The van der Waals surface area contributed by atoms with E-state index in [1.807, 2.05) is 53.4 Å². The van der Waals surface area contributed by atoms with Gasteiger partial charge in [-0.2, -0.15) is 5.10 Å². The number of amides is 1. The number of rotatable bonds is 5. The molecule has 1 fully saturated rings. The largest absolute Gasteiger partial charge is 0.496 e. The van der Waals surface area contributed by atoms with Gasteiger partial charge in [0.1, 0.15) is 17.1 Å². The maximum Gasteiger partial charge on any atom is 0.273 e. The van der Waals surface area contributed by atoms with Gasteiger partial charge in [0.15, 0.2) is 0 Å². The average Bonchev–Trinajstić information content (AvgIpc) is 3.35. The number of halogens is 1. The normalized spacial score (nSPS) is 16.4. The Hall–Kier alpha value is -2.60. The highest BCUT2D eigenvalue weighted by atomic mass is 79.9. The van der Waals surface area contributed by atoms with E-state index in [0.717, 1.165) is 48.4 Å². The van der Waals surface area contributed by atoms with Crippen molar-refractivity contribution in [2.45, 2.75) is 25.3 Å². The summed E-state index contributed by atoms with van der Waals surface area (Å²) in [5.74, 6) is 0.856. The van der Waals surface area contributed by atoms with E-state index in [9.17, 15) is 4.79 Å². The molecular formula is C22H22BrN3O2. The molecule has 144 valence electrons. The smallest absolute Gasteiger partial charge is 0.273 e. The van der Waals surface area contributed by atoms with Crippen molar-refractivity contribution in [2.75, 3.05) is 13.7 Å². The molecule has 2 aromatic carbocycles. The van der Waals surface area contributed by atoms with Crippen molar-refractivity contribution in [3.8, 4) is 17.0 Å². The Bertz CT molecular complexity index is 971. The van der Waals surface area contributed by atoms with Crippen LogP contribution in [0.5, 0.6) is 5.75 Å². The van der Waals surface area contributed by atoms with Crippen molar-refractivity contribution in [1.82, 2.24) is 15.1 Å². The molecule has 2 heterocycles. The molecule has 0 bridgehead atoms. The molecule has 1 amide bonds. The first-order valence-corrected chi connectivity index (χ1v) is 10.2. The van der Waals surface area contributed by atoms with E-state index >= 15 is 0 Å². The molecule has 0 radical (unpaired) electrons. The van der Waals surface area contributed by atoms with E-state index in [0.29, 0.717) is 10.2 Å². The molecule has 1 atom stereocenters. The number of aromatic nitrogens is 2. The van der Waals surface area contributed by atoms with Crippen LogP contribution in [0.3, 0.4) is 0 Å². The third-order valence-electron chi connectivity index (χ3n) is 5.25. The summed E-state index contributed by atoms with van der Waals surface area (Å²) >= 11 is 3.58. The predicted molar refractivity (Wildman–Crippen MR) is 112 cm³/mol. The van der Waals surface area contributed by atoms with Gasteiger partial charge in [-0.3, -0.25) is 9.89 Å². The molecule has 5 nitrogen and oxygen atoms in total. The Morgan fingerprint density at radius 2 is 1.96 bits per heavy atom. The zero-order chi connectivity index (χ0) is 19.5. The van der Waals surface area contributed by atoms with E-state index in [1.165, 1.54) is 0 Å². The molecule has 1 N–H and O–H groups in total. The van der Waals surface area contributed by atoms with Crippen molar-refractivity contribution < 1.29 is 9.53 Å².